The molecular formula is C59H36N4O. The molecule has 11 aromatic rings. The number of para-hydroxylation sites is 3. The lowest BCUT2D eigenvalue weighted by molar-refractivity contribution is 0.436. The fraction of sp³-hybridized carbons (Fsp3) is 0.0169. The Labute approximate surface area is 370 Å². The Kier molecular flexibility index (Phi) is 8.06. The predicted molar refractivity (Wildman–Crippen MR) is 257 cm³/mol. The third-order valence-corrected chi connectivity index (χ3v) is 13.0. The highest BCUT2D eigenvalue weighted by Gasteiger charge is 2.52. The molecule has 4 aromatic heterocycles. The molecule has 13 rings (SSSR count). The van der Waals surface area contributed by atoms with E-state index in [9.17, 15) is 0 Å². The molecule has 0 saturated carbocycles. The summed E-state index contributed by atoms with van der Waals surface area (Å²) in [5.74, 6) is 1.74. The summed E-state index contributed by atoms with van der Waals surface area (Å²) in [5.41, 5.74) is 17.2. The second kappa shape index (κ2) is 14.3. The summed E-state index contributed by atoms with van der Waals surface area (Å²) < 4.78 is 6.75. The van der Waals surface area contributed by atoms with E-state index < -0.39 is 5.41 Å². The number of ether oxygens (including phenoxy) is 1. The van der Waals surface area contributed by atoms with E-state index in [1.807, 2.05) is 48.8 Å². The minimum atomic E-state index is -0.654. The highest BCUT2D eigenvalue weighted by atomic mass is 16.5. The largest absolute Gasteiger partial charge is 0.457 e. The third-order valence-electron chi connectivity index (χ3n) is 13.0. The average Bonchev–Trinajstić information content (AvgIpc) is 3.67. The fourth-order valence-corrected chi connectivity index (χ4v) is 10.4. The Morgan fingerprint density at radius 2 is 0.953 bits per heavy atom. The van der Waals surface area contributed by atoms with Gasteiger partial charge in [-0.05, 0) is 99.1 Å². The predicted octanol–water partition coefficient (Wildman–Crippen LogP) is 14.4. The van der Waals surface area contributed by atoms with Gasteiger partial charge >= 0.3 is 0 Å². The molecule has 0 atom stereocenters. The van der Waals surface area contributed by atoms with Crippen LogP contribution in [0.3, 0.4) is 0 Å². The molecular weight excluding hydrogens is 781 g/mol. The van der Waals surface area contributed by atoms with Gasteiger partial charge in [0.05, 0.1) is 39.4 Å². The molecule has 1 aliphatic heterocycles. The highest BCUT2D eigenvalue weighted by molar-refractivity contribution is 6.21. The zero-order chi connectivity index (χ0) is 42.2. The van der Waals surface area contributed by atoms with Crippen molar-refractivity contribution in [3.05, 3.63) is 241 Å². The zero-order valence-corrected chi connectivity index (χ0v) is 34.5. The quantitative estimate of drug-likeness (QED) is 0.162. The van der Waals surface area contributed by atoms with Gasteiger partial charge in [-0.3, -0.25) is 9.97 Å². The van der Waals surface area contributed by atoms with Crippen LogP contribution in [0.25, 0.3) is 89.1 Å². The van der Waals surface area contributed by atoms with Crippen molar-refractivity contribution >= 4 is 21.7 Å². The Balaban J connectivity index is 1.09. The van der Waals surface area contributed by atoms with Crippen molar-refractivity contribution < 1.29 is 4.74 Å². The molecule has 0 radical (unpaired) electrons. The molecule has 0 N–H and O–H groups in total. The van der Waals surface area contributed by atoms with Crippen LogP contribution in [0.2, 0.25) is 0 Å². The lowest BCUT2D eigenvalue weighted by Gasteiger charge is -2.39. The Bertz CT molecular complexity index is 3520. The Morgan fingerprint density at radius 1 is 0.359 bits per heavy atom. The average molecular weight is 817 g/mol. The van der Waals surface area contributed by atoms with Crippen molar-refractivity contribution in [3.8, 4) is 78.9 Å². The lowest BCUT2D eigenvalue weighted by atomic mass is 9.66. The SMILES string of the molecule is c1ccc(-c2nc3ccccc3c3c4c(ccc23)C2(c3ccccc3Oc3ccccc32)c2cccc(-c3ccc(-c5cc(-c6ccccn6)nc(-c6ccccn6)c5)cc3)c2-4)cc1. The first-order valence-electron chi connectivity index (χ1n) is 21.6. The van der Waals surface area contributed by atoms with Crippen molar-refractivity contribution in [1.29, 1.82) is 0 Å². The fourth-order valence-electron chi connectivity index (χ4n) is 10.4. The van der Waals surface area contributed by atoms with Crippen LogP contribution in [-0.2, 0) is 5.41 Å². The van der Waals surface area contributed by atoms with E-state index in [1.54, 1.807) is 0 Å². The number of fused-ring (bicyclic) bond motifs is 13. The summed E-state index contributed by atoms with van der Waals surface area (Å²) in [4.78, 5) is 19.7. The van der Waals surface area contributed by atoms with Crippen molar-refractivity contribution in [2.75, 3.05) is 0 Å². The summed E-state index contributed by atoms with van der Waals surface area (Å²) in [6.45, 7) is 0. The first-order chi connectivity index (χ1) is 31.7. The molecule has 0 bridgehead atoms. The van der Waals surface area contributed by atoms with Crippen LogP contribution < -0.4 is 4.74 Å². The number of aromatic nitrogens is 4. The van der Waals surface area contributed by atoms with Gasteiger partial charge in [-0.1, -0.05) is 152 Å². The van der Waals surface area contributed by atoms with Crippen LogP contribution in [0.1, 0.15) is 22.3 Å². The van der Waals surface area contributed by atoms with Crippen LogP contribution in [0.4, 0.5) is 0 Å². The molecule has 5 nitrogen and oxygen atoms in total. The van der Waals surface area contributed by atoms with Gasteiger partial charge in [0.15, 0.2) is 0 Å². The maximum atomic E-state index is 6.75. The van der Waals surface area contributed by atoms with Crippen molar-refractivity contribution in [2.24, 2.45) is 0 Å². The van der Waals surface area contributed by atoms with E-state index in [0.717, 1.165) is 95.2 Å². The van der Waals surface area contributed by atoms with Gasteiger partial charge in [0.2, 0.25) is 0 Å². The first-order valence-corrected chi connectivity index (χ1v) is 21.6. The number of hydrogen-bond donors (Lipinski definition) is 0. The monoisotopic (exact) mass is 816 g/mol. The van der Waals surface area contributed by atoms with E-state index in [0.29, 0.717) is 0 Å². The third kappa shape index (κ3) is 5.37. The minimum Gasteiger partial charge on any atom is -0.457 e. The van der Waals surface area contributed by atoms with Crippen LogP contribution >= 0.6 is 0 Å². The van der Waals surface area contributed by atoms with Crippen LogP contribution in [-0.4, -0.2) is 19.9 Å². The zero-order valence-electron chi connectivity index (χ0n) is 34.5. The smallest absolute Gasteiger partial charge is 0.132 e. The molecule has 5 heteroatoms. The lowest BCUT2D eigenvalue weighted by Crippen LogP contribution is -2.32. The second-order valence-corrected chi connectivity index (χ2v) is 16.5. The maximum Gasteiger partial charge on any atom is 0.132 e. The number of nitrogens with zero attached hydrogens (tertiary/aromatic N) is 4. The first kappa shape index (κ1) is 36.1. The van der Waals surface area contributed by atoms with Gasteiger partial charge in [-0.25, -0.2) is 9.97 Å². The van der Waals surface area contributed by atoms with Gasteiger partial charge in [-0.2, -0.15) is 0 Å². The van der Waals surface area contributed by atoms with Crippen molar-refractivity contribution in [2.45, 2.75) is 5.41 Å². The number of rotatable bonds is 5. The van der Waals surface area contributed by atoms with Crippen molar-refractivity contribution in [3.63, 3.8) is 0 Å². The summed E-state index contributed by atoms with van der Waals surface area (Å²) in [5, 5.41) is 3.45. The van der Waals surface area contributed by atoms with Crippen LogP contribution in [0, 0.1) is 0 Å². The van der Waals surface area contributed by atoms with E-state index in [-0.39, 0.29) is 0 Å². The summed E-state index contributed by atoms with van der Waals surface area (Å²) in [6, 6.07) is 73.0. The topological polar surface area (TPSA) is 60.8 Å². The molecule has 2 aliphatic rings. The van der Waals surface area contributed by atoms with Crippen molar-refractivity contribution in [1.82, 2.24) is 19.9 Å². The van der Waals surface area contributed by atoms with Gasteiger partial charge in [0.25, 0.3) is 0 Å². The van der Waals surface area contributed by atoms with E-state index in [4.69, 9.17) is 14.7 Å². The summed E-state index contributed by atoms with van der Waals surface area (Å²) in [6.07, 6.45) is 3.62. The molecule has 0 saturated heterocycles. The second-order valence-electron chi connectivity index (χ2n) is 16.5. The van der Waals surface area contributed by atoms with E-state index >= 15 is 0 Å². The number of pyridine rings is 4. The van der Waals surface area contributed by atoms with Gasteiger partial charge in [-0.15, -0.1) is 0 Å². The van der Waals surface area contributed by atoms with Gasteiger partial charge in [0, 0.05) is 45.2 Å². The molecule has 5 heterocycles. The van der Waals surface area contributed by atoms with E-state index in [1.165, 1.54) is 27.6 Å². The molecule has 0 unspecified atom stereocenters. The normalized spacial score (nSPS) is 12.9. The summed E-state index contributed by atoms with van der Waals surface area (Å²) in [7, 11) is 0. The maximum absolute atomic E-state index is 6.75. The summed E-state index contributed by atoms with van der Waals surface area (Å²) >= 11 is 0. The van der Waals surface area contributed by atoms with Gasteiger partial charge in [0.1, 0.15) is 11.5 Å². The minimum absolute atomic E-state index is 0.654. The molecule has 298 valence electrons. The van der Waals surface area contributed by atoms with Gasteiger partial charge < -0.3 is 4.74 Å². The molecule has 1 aliphatic carbocycles. The highest BCUT2D eigenvalue weighted by Crippen LogP contribution is 2.65. The molecule has 64 heavy (non-hydrogen) atoms. The number of benzene rings is 7. The van der Waals surface area contributed by atoms with Crippen LogP contribution in [0.5, 0.6) is 11.5 Å². The molecule has 0 fully saturated rings. The molecule has 7 aromatic carbocycles. The number of hydrogen-bond acceptors (Lipinski definition) is 5. The Morgan fingerprint density at radius 3 is 1.64 bits per heavy atom. The van der Waals surface area contributed by atoms with Crippen LogP contribution in [0.15, 0.2) is 219 Å². The standard InChI is InChI=1S/C59H36N4O/c1-2-15-39(16-3-1)58-43-31-32-47-57(55(43)42-17-4-7-22-48(42)63-58)56-41(18-14-21-46(56)59(47)44-19-5-8-25-53(44)64-54-26-9-6-20-45(54)59)38-29-27-37(28-30-38)40-35-51(49-23-10-12-33-60-49)62-52(36-40)50-24-11-13-34-61-50/h1-36H. The molecule has 0 amide bonds. The van der Waals surface area contributed by atoms with E-state index in [2.05, 4.69) is 180 Å². The molecule has 1 spiro atoms. The Hall–Kier alpha value is -8.54.